The van der Waals surface area contributed by atoms with Gasteiger partial charge in [-0.15, -0.1) is 0 Å². The first-order valence-corrected chi connectivity index (χ1v) is 14.8. The summed E-state index contributed by atoms with van der Waals surface area (Å²) in [5.74, 6) is -6.50. The zero-order chi connectivity index (χ0) is 35.3. The van der Waals surface area contributed by atoms with Gasteiger partial charge in [-0.25, -0.2) is 14.4 Å². The van der Waals surface area contributed by atoms with Crippen LogP contribution in [-0.2, 0) is 0 Å². The van der Waals surface area contributed by atoms with E-state index in [0.29, 0.717) is 5.69 Å². The van der Waals surface area contributed by atoms with Crippen LogP contribution in [0, 0.1) is 6.92 Å². The zero-order valence-electron chi connectivity index (χ0n) is 26.2. The van der Waals surface area contributed by atoms with Crippen molar-refractivity contribution in [1.29, 1.82) is 0 Å². The van der Waals surface area contributed by atoms with Crippen molar-refractivity contribution in [3.63, 3.8) is 0 Å². The first-order valence-electron chi connectivity index (χ1n) is 14.8. The molecule has 12 nitrogen and oxygen atoms in total. The number of rotatable bonds is 7. The third-order valence-electron chi connectivity index (χ3n) is 8.48. The van der Waals surface area contributed by atoms with Gasteiger partial charge in [0.15, 0.2) is 0 Å². The van der Waals surface area contributed by atoms with Crippen LogP contribution in [-0.4, -0.2) is 65.0 Å². The Morgan fingerprint density at radius 1 is 0.449 bits per heavy atom. The van der Waals surface area contributed by atoms with E-state index in [9.17, 15) is 44.1 Å². The summed E-state index contributed by atoms with van der Waals surface area (Å²) in [6, 6.07) is 18.7. The lowest BCUT2D eigenvalue weighted by molar-refractivity contribution is 0.0683. The number of carboxylic acids is 3. The third-order valence-corrected chi connectivity index (χ3v) is 8.48. The minimum absolute atomic E-state index is 0.177. The SMILES string of the molecule is CNC(=O)c1cc2c(cc1C(=O)O)c1cc(C(=O)O)c(C(=O)Nc3ccc4cc(C)ccc4c3)cc1c1cc(C(=O)NC)c(C(=O)O)cc21. The highest BCUT2D eigenvalue weighted by molar-refractivity contribution is 6.30. The predicted octanol–water partition coefficient (Wildman–Crippen LogP) is 5.67. The molecule has 6 N–H and O–H groups in total. The maximum atomic E-state index is 13.8. The molecular formula is C37H27N3O9. The van der Waals surface area contributed by atoms with Crippen molar-refractivity contribution in [2.24, 2.45) is 0 Å². The Morgan fingerprint density at radius 3 is 1.18 bits per heavy atom. The van der Waals surface area contributed by atoms with E-state index in [1.54, 1.807) is 12.1 Å². The number of carbonyl (C=O) groups is 6. The van der Waals surface area contributed by atoms with Crippen molar-refractivity contribution in [2.45, 2.75) is 6.92 Å². The van der Waals surface area contributed by atoms with Gasteiger partial charge in [-0.05, 0) is 98.5 Å². The van der Waals surface area contributed by atoms with Gasteiger partial charge < -0.3 is 31.3 Å². The Kier molecular flexibility index (Phi) is 7.92. The molecule has 0 aliphatic rings. The molecule has 0 radical (unpaired) electrons. The smallest absolute Gasteiger partial charge is 0.336 e. The van der Waals surface area contributed by atoms with Crippen LogP contribution in [0.1, 0.15) is 67.7 Å². The monoisotopic (exact) mass is 657 g/mol. The van der Waals surface area contributed by atoms with Gasteiger partial charge in [-0.1, -0.05) is 29.8 Å². The Hall–Kier alpha value is -6.82. The highest BCUT2D eigenvalue weighted by atomic mass is 16.4. The van der Waals surface area contributed by atoms with E-state index in [4.69, 9.17) is 0 Å². The fraction of sp³-hybridized carbons (Fsp3) is 0.0811. The molecule has 0 aliphatic carbocycles. The molecule has 6 aromatic rings. The van der Waals surface area contributed by atoms with Gasteiger partial charge in [-0.3, -0.25) is 14.4 Å². The summed E-state index contributed by atoms with van der Waals surface area (Å²) in [5, 5.41) is 41.0. The number of hydrogen-bond acceptors (Lipinski definition) is 6. The Bertz CT molecular complexity index is 2500. The van der Waals surface area contributed by atoms with Gasteiger partial charge in [0.05, 0.1) is 33.4 Å². The number of anilines is 1. The summed E-state index contributed by atoms with van der Waals surface area (Å²) in [4.78, 5) is 76.8. The molecule has 0 spiro atoms. The summed E-state index contributed by atoms with van der Waals surface area (Å²) >= 11 is 0. The molecule has 0 bridgehead atoms. The van der Waals surface area contributed by atoms with Gasteiger partial charge >= 0.3 is 17.9 Å². The molecule has 49 heavy (non-hydrogen) atoms. The van der Waals surface area contributed by atoms with Crippen LogP contribution in [0.5, 0.6) is 0 Å². The number of carbonyl (C=O) groups excluding carboxylic acids is 3. The quantitative estimate of drug-likeness (QED) is 0.117. The molecule has 0 atom stereocenters. The van der Waals surface area contributed by atoms with Crippen molar-refractivity contribution < 1.29 is 44.1 Å². The second-order valence-corrected chi connectivity index (χ2v) is 11.4. The number of hydrogen-bond donors (Lipinski definition) is 6. The third kappa shape index (κ3) is 5.50. The van der Waals surface area contributed by atoms with E-state index in [1.165, 1.54) is 50.5 Å². The second kappa shape index (κ2) is 12.1. The van der Waals surface area contributed by atoms with Gasteiger partial charge in [0.2, 0.25) is 0 Å². The number of aromatic carboxylic acids is 3. The van der Waals surface area contributed by atoms with Gasteiger partial charge in [0, 0.05) is 19.8 Å². The molecular weight excluding hydrogens is 630 g/mol. The maximum absolute atomic E-state index is 13.8. The first-order chi connectivity index (χ1) is 23.3. The van der Waals surface area contributed by atoms with E-state index < -0.39 is 46.8 Å². The van der Waals surface area contributed by atoms with Gasteiger partial charge in [-0.2, -0.15) is 0 Å². The molecule has 6 aromatic carbocycles. The highest BCUT2D eigenvalue weighted by Gasteiger charge is 2.26. The van der Waals surface area contributed by atoms with Crippen molar-refractivity contribution in [3.05, 3.63) is 112 Å². The molecule has 0 saturated heterocycles. The van der Waals surface area contributed by atoms with E-state index in [0.717, 1.165) is 16.3 Å². The summed E-state index contributed by atoms with van der Waals surface area (Å²) in [6.07, 6.45) is 0. The molecule has 244 valence electrons. The number of fused-ring (bicyclic) bond motifs is 7. The normalized spacial score (nSPS) is 11.1. The first kappa shape index (κ1) is 32.1. The Balaban J connectivity index is 1.71. The van der Waals surface area contributed by atoms with Crippen LogP contribution >= 0.6 is 0 Å². The molecule has 12 heteroatoms. The molecule has 0 unspecified atom stereocenters. The van der Waals surface area contributed by atoms with Crippen molar-refractivity contribution in [3.8, 4) is 0 Å². The highest BCUT2D eigenvalue weighted by Crippen LogP contribution is 2.40. The minimum Gasteiger partial charge on any atom is -0.478 e. The molecule has 0 fully saturated rings. The lowest BCUT2D eigenvalue weighted by Crippen LogP contribution is -2.21. The minimum atomic E-state index is -1.44. The largest absolute Gasteiger partial charge is 0.478 e. The van der Waals surface area contributed by atoms with E-state index in [1.807, 2.05) is 31.2 Å². The second-order valence-electron chi connectivity index (χ2n) is 11.4. The number of carboxylic acid groups (broad SMARTS) is 3. The van der Waals surface area contributed by atoms with Gasteiger partial charge in [0.25, 0.3) is 17.7 Å². The van der Waals surface area contributed by atoms with Crippen molar-refractivity contribution >= 4 is 84.4 Å². The van der Waals surface area contributed by atoms with Crippen LogP contribution < -0.4 is 16.0 Å². The molecule has 0 heterocycles. The average molecular weight is 658 g/mol. The molecule has 0 saturated carbocycles. The van der Waals surface area contributed by atoms with Crippen LogP contribution in [0.15, 0.2) is 72.8 Å². The molecule has 3 amide bonds. The molecule has 0 aliphatic heterocycles. The van der Waals surface area contributed by atoms with Crippen LogP contribution in [0.25, 0.3) is 43.1 Å². The van der Waals surface area contributed by atoms with E-state index in [-0.39, 0.29) is 54.6 Å². The lowest BCUT2D eigenvalue weighted by Gasteiger charge is -2.17. The number of benzene rings is 6. The molecule has 0 aromatic heterocycles. The van der Waals surface area contributed by atoms with Crippen LogP contribution in [0.3, 0.4) is 0 Å². The Labute approximate surface area is 277 Å². The van der Waals surface area contributed by atoms with Crippen molar-refractivity contribution in [1.82, 2.24) is 10.6 Å². The summed E-state index contributed by atoms with van der Waals surface area (Å²) in [7, 11) is 2.65. The van der Waals surface area contributed by atoms with E-state index in [2.05, 4.69) is 16.0 Å². The number of amides is 3. The fourth-order valence-corrected chi connectivity index (χ4v) is 6.14. The average Bonchev–Trinajstić information content (AvgIpc) is 3.09. The standard InChI is InChI=1S/C37H27N3O9/c1-16-4-5-18-9-19(7-6-17(18)8-16)40-34(43)28-12-22-20-10-26(32(41)38-2)29(35(44)45)13-23(20)21-11-27(33(42)39-3)30(36(46)47)14-24(21)25(22)15-31(28)37(48)49/h4-15H,1-3H3,(H,38,41)(H,39,42)(H,40,43)(H,44,45)(H,46,47)(H,48,49). The fourth-order valence-electron chi connectivity index (χ4n) is 6.14. The molecule has 6 rings (SSSR count). The van der Waals surface area contributed by atoms with Crippen molar-refractivity contribution in [2.75, 3.05) is 19.4 Å². The predicted molar refractivity (Wildman–Crippen MR) is 183 cm³/mol. The summed E-state index contributed by atoms with van der Waals surface area (Å²) in [5.41, 5.74) is -0.381. The number of aryl methyl sites for hydroxylation is 1. The maximum Gasteiger partial charge on any atom is 0.336 e. The van der Waals surface area contributed by atoms with Gasteiger partial charge in [0.1, 0.15) is 0 Å². The Morgan fingerprint density at radius 2 is 0.796 bits per heavy atom. The van der Waals surface area contributed by atoms with E-state index >= 15 is 0 Å². The topological polar surface area (TPSA) is 199 Å². The van der Waals surface area contributed by atoms with Crippen LogP contribution in [0.2, 0.25) is 0 Å². The lowest BCUT2D eigenvalue weighted by atomic mass is 9.87. The van der Waals surface area contributed by atoms with Crippen LogP contribution in [0.4, 0.5) is 5.69 Å². The number of nitrogens with one attached hydrogen (secondary N) is 3. The zero-order valence-corrected chi connectivity index (χ0v) is 26.2. The summed E-state index contributed by atoms with van der Waals surface area (Å²) in [6.45, 7) is 1.96. The summed E-state index contributed by atoms with van der Waals surface area (Å²) < 4.78 is 0.